The Hall–Kier alpha value is -1.79. The van der Waals surface area contributed by atoms with Crippen LogP contribution in [0.25, 0.3) is 11.3 Å². The molecule has 6 heteroatoms. The van der Waals surface area contributed by atoms with Crippen molar-refractivity contribution in [3.63, 3.8) is 0 Å². The summed E-state index contributed by atoms with van der Waals surface area (Å²) in [6.07, 6.45) is 1.09. The van der Waals surface area contributed by atoms with Crippen LogP contribution < -0.4 is 5.32 Å². The van der Waals surface area contributed by atoms with Crippen molar-refractivity contribution in [2.45, 2.75) is 19.9 Å². The van der Waals surface area contributed by atoms with Gasteiger partial charge in [0.1, 0.15) is 5.01 Å². The molecule has 0 unspecified atom stereocenters. The van der Waals surface area contributed by atoms with E-state index in [2.05, 4.69) is 17.2 Å². The average Bonchev–Trinajstić information content (AvgIpc) is 2.88. The summed E-state index contributed by atoms with van der Waals surface area (Å²) < 4.78 is 0. The van der Waals surface area contributed by atoms with Crippen molar-refractivity contribution in [3.05, 3.63) is 44.8 Å². The molecule has 0 aliphatic carbocycles. The largest absolute Gasteiger partial charge is 0.310 e. The molecular weight excluding hydrogens is 262 g/mol. The van der Waals surface area contributed by atoms with Gasteiger partial charge < -0.3 is 5.32 Å². The third kappa shape index (κ3) is 3.59. The summed E-state index contributed by atoms with van der Waals surface area (Å²) in [5.74, 6) is 0. The number of hydrogen-bond donors (Lipinski definition) is 1. The minimum Gasteiger partial charge on any atom is -0.310 e. The molecular formula is C13H15N3O2S. The Kier molecular flexibility index (Phi) is 4.59. The molecule has 0 spiro atoms. The number of nitro groups is 1. The van der Waals surface area contributed by atoms with Crippen molar-refractivity contribution in [2.75, 3.05) is 6.54 Å². The SMILES string of the molecule is CCCNCc1nc(-c2cccc([N+](=O)[O-])c2)cs1. The normalized spacial score (nSPS) is 10.6. The van der Waals surface area contributed by atoms with Gasteiger partial charge in [-0.15, -0.1) is 11.3 Å². The molecule has 2 rings (SSSR count). The molecule has 0 radical (unpaired) electrons. The van der Waals surface area contributed by atoms with Crippen molar-refractivity contribution in [1.29, 1.82) is 0 Å². The number of rotatable bonds is 6. The van der Waals surface area contributed by atoms with Gasteiger partial charge in [0.05, 0.1) is 10.6 Å². The van der Waals surface area contributed by atoms with E-state index in [1.54, 1.807) is 23.5 Å². The van der Waals surface area contributed by atoms with Crippen LogP contribution in [0.1, 0.15) is 18.4 Å². The van der Waals surface area contributed by atoms with E-state index >= 15 is 0 Å². The number of hydrogen-bond acceptors (Lipinski definition) is 5. The van der Waals surface area contributed by atoms with Crippen LogP contribution in [-0.4, -0.2) is 16.5 Å². The van der Waals surface area contributed by atoms with E-state index < -0.39 is 0 Å². The quantitative estimate of drug-likeness (QED) is 0.500. The van der Waals surface area contributed by atoms with Gasteiger partial charge in [-0.05, 0) is 13.0 Å². The fraction of sp³-hybridized carbons (Fsp3) is 0.308. The molecule has 0 amide bonds. The lowest BCUT2D eigenvalue weighted by Crippen LogP contribution is -2.13. The summed E-state index contributed by atoms with van der Waals surface area (Å²) in [4.78, 5) is 14.8. The predicted molar refractivity (Wildman–Crippen MR) is 76.2 cm³/mol. The number of nitrogens with zero attached hydrogens (tertiary/aromatic N) is 2. The Morgan fingerprint density at radius 2 is 2.32 bits per heavy atom. The molecule has 0 saturated carbocycles. The molecule has 0 aliphatic rings. The molecule has 0 atom stereocenters. The standard InChI is InChI=1S/C13H15N3O2S/c1-2-6-14-8-13-15-12(9-19-13)10-4-3-5-11(7-10)16(17)18/h3-5,7,9,14H,2,6,8H2,1H3. The lowest BCUT2D eigenvalue weighted by molar-refractivity contribution is -0.384. The Balaban J connectivity index is 2.13. The van der Waals surface area contributed by atoms with Gasteiger partial charge in [0.25, 0.3) is 5.69 Å². The fourth-order valence-electron chi connectivity index (χ4n) is 1.68. The van der Waals surface area contributed by atoms with E-state index in [0.717, 1.165) is 35.8 Å². The highest BCUT2D eigenvalue weighted by Gasteiger charge is 2.09. The van der Waals surface area contributed by atoms with Gasteiger partial charge in [-0.3, -0.25) is 10.1 Å². The molecule has 0 fully saturated rings. The Bertz CT molecular complexity index is 569. The number of non-ortho nitro benzene ring substituents is 1. The van der Waals surface area contributed by atoms with E-state index in [1.165, 1.54) is 6.07 Å². The van der Waals surface area contributed by atoms with Crippen molar-refractivity contribution < 1.29 is 4.92 Å². The molecule has 1 aromatic heterocycles. The van der Waals surface area contributed by atoms with Gasteiger partial charge >= 0.3 is 0 Å². The summed E-state index contributed by atoms with van der Waals surface area (Å²) in [7, 11) is 0. The van der Waals surface area contributed by atoms with E-state index in [9.17, 15) is 10.1 Å². The van der Waals surface area contributed by atoms with Crippen LogP contribution in [0.3, 0.4) is 0 Å². The Morgan fingerprint density at radius 1 is 1.47 bits per heavy atom. The molecule has 0 bridgehead atoms. The first-order valence-electron chi connectivity index (χ1n) is 6.10. The number of aromatic nitrogens is 1. The van der Waals surface area contributed by atoms with E-state index in [0.29, 0.717) is 0 Å². The molecule has 19 heavy (non-hydrogen) atoms. The second-order valence-electron chi connectivity index (χ2n) is 4.11. The topological polar surface area (TPSA) is 68.1 Å². The predicted octanol–water partition coefficient (Wildman–Crippen LogP) is 3.22. The molecule has 0 saturated heterocycles. The fourth-order valence-corrected chi connectivity index (χ4v) is 2.45. The van der Waals surface area contributed by atoms with Gasteiger partial charge in [-0.25, -0.2) is 4.98 Å². The Labute approximate surface area is 115 Å². The van der Waals surface area contributed by atoms with Crippen LogP contribution in [0.2, 0.25) is 0 Å². The van der Waals surface area contributed by atoms with Crippen molar-refractivity contribution >= 4 is 17.0 Å². The second kappa shape index (κ2) is 6.40. The van der Waals surface area contributed by atoms with E-state index in [4.69, 9.17) is 0 Å². The summed E-state index contributed by atoms with van der Waals surface area (Å²) in [5.41, 5.74) is 1.67. The highest BCUT2D eigenvalue weighted by Crippen LogP contribution is 2.25. The lowest BCUT2D eigenvalue weighted by atomic mass is 10.1. The minimum absolute atomic E-state index is 0.0937. The zero-order valence-electron chi connectivity index (χ0n) is 10.6. The summed E-state index contributed by atoms with van der Waals surface area (Å²) in [6, 6.07) is 6.56. The van der Waals surface area contributed by atoms with Gasteiger partial charge in [0.2, 0.25) is 0 Å². The van der Waals surface area contributed by atoms with Crippen LogP contribution in [0.15, 0.2) is 29.6 Å². The van der Waals surface area contributed by atoms with Crippen molar-refractivity contribution in [3.8, 4) is 11.3 Å². The van der Waals surface area contributed by atoms with E-state index in [-0.39, 0.29) is 10.6 Å². The molecule has 100 valence electrons. The third-order valence-electron chi connectivity index (χ3n) is 2.61. The molecule has 1 heterocycles. The highest BCUT2D eigenvalue weighted by molar-refractivity contribution is 7.09. The maximum absolute atomic E-state index is 10.7. The molecule has 1 aromatic carbocycles. The van der Waals surface area contributed by atoms with Crippen LogP contribution in [0.5, 0.6) is 0 Å². The molecule has 1 N–H and O–H groups in total. The van der Waals surface area contributed by atoms with Crippen molar-refractivity contribution in [1.82, 2.24) is 10.3 Å². The maximum Gasteiger partial charge on any atom is 0.270 e. The van der Waals surface area contributed by atoms with Crippen LogP contribution in [-0.2, 0) is 6.54 Å². The zero-order chi connectivity index (χ0) is 13.7. The monoisotopic (exact) mass is 277 g/mol. The molecule has 5 nitrogen and oxygen atoms in total. The number of thiazole rings is 1. The van der Waals surface area contributed by atoms with E-state index in [1.807, 2.05) is 11.4 Å². The molecule has 0 aliphatic heterocycles. The van der Waals surface area contributed by atoms with Crippen LogP contribution in [0.4, 0.5) is 5.69 Å². The minimum atomic E-state index is -0.389. The van der Waals surface area contributed by atoms with Crippen LogP contribution in [0, 0.1) is 10.1 Å². The first-order chi connectivity index (χ1) is 9.20. The zero-order valence-corrected chi connectivity index (χ0v) is 11.4. The lowest BCUT2D eigenvalue weighted by Gasteiger charge is -1.99. The second-order valence-corrected chi connectivity index (χ2v) is 5.05. The summed E-state index contributed by atoms with van der Waals surface area (Å²) in [6.45, 7) is 3.82. The maximum atomic E-state index is 10.7. The average molecular weight is 277 g/mol. The third-order valence-corrected chi connectivity index (χ3v) is 3.46. The Morgan fingerprint density at radius 3 is 3.05 bits per heavy atom. The number of nitrogens with one attached hydrogen (secondary N) is 1. The summed E-state index contributed by atoms with van der Waals surface area (Å²) >= 11 is 1.57. The smallest absolute Gasteiger partial charge is 0.270 e. The molecule has 2 aromatic rings. The number of nitro benzene ring substituents is 1. The van der Waals surface area contributed by atoms with Crippen LogP contribution >= 0.6 is 11.3 Å². The highest BCUT2D eigenvalue weighted by atomic mass is 32.1. The first-order valence-corrected chi connectivity index (χ1v) is 6.98. The first kappa shape index (κ1) is 13.6. The van der Waals surface area contributed by atoms with Gasteiger partial charge in [0, 0.05) is 29.6 Å². The van der Waals surface area contributed by atoms with Gasteiger partial charge in [0.15, 0.2) is 0 Å². The number of benzene rings is 1. The summed E-state index contributed by atoms with van der Waals surface area (Å²) in [5, 5.41) is 17.0. The van der Waals surface area contributed by atoms with Gasteiger partial charge in [-0.2, -0.15) is 0 Å². The van der Waals surface area contributed by atoms with Gasteiger partial charge in [-0.1, -0.05) is 19.1 Å². The van der Waals surface area contributed by atoms with Crippen molar-refractivity contribution in [2.24, 2.45) is 0 Å².